The van der Waals surface area contributed by atoms with Gasteiger partial charge in [-0.1, -0.05) is 0 Å². The first kappa shape index (κ1) is 14.1. The van der Waals surface area contributed by atoms with E-state index in [1.54, 1.807) is 0 Å². The van der Waals surface area contributed by atoms with Crippen LogP contribution in [0.1, 0.15) is 27.2 Å². The van der Waals surface area contributed by atoms with Gasteiger partial charge in [0.15, 0.2) is 0 Å². The summed E-state index contributed by atoms with van der Waals surface area (Å²) in [7, 11) is 0. The summed E-state index contributed by atoms with van der Waals surface area (Å²) < 4.78 is 5.65. The summed E-state index contributed by atoms with van der Waals surface area (Å²) in [5.41, 5.74) is 7.71. The molecule has 4 rings (SSSR count). The van der Waals surface area contributed by atoms with Gasteiger partial charge in [-0.2, -0.15) is 0 Å². The molecular weight excluding hydrogens is 278 g/mol. The van der Waals surface area contributed by atoms with Crippen molar-refractivity contribution >= 4 is 11.7 Å². The van der Waals surface area contributed by atoms with Crippen LogP contribution in [-0.2, 0) is 4.74 Å². The molecule has 4 aliphatic heterocycles. The molecule has 2 unspecified atom stereocenters. The molecular formula is C16H25N5O. The average Bonchev–Trinajstić information content (AvgIpc) is 2.77. The van der Waals surface area contributed by atoms with Crippen molar-refractivity contribution in [1.82, 2.24) is 9.80 Å². The predicted molar refractivity (Wildman–Crippen MR) is 86.8 cm³/mol. The van der Waals surface area contributed by atoms with Gasteiger partial charge in [0.2, 0.25) is 0 Å². The number of rotatable bonds is 3. The molecule has 0 spiro atoms. The molecule has 0 aromatic rings. The number of nitrogens with two attached hydrogens (primary N) is 1. The van der Waals surface area contributed by atoms with Crippen molar-refractivity contribution in [3.05, 3.63) is 11.4 Å². The van der Waals surface area contributed by atoms with Crippen LogP contribution in [0.3, 0.4) is 0 Å². The van der Waals surface area contributed by atoms with Gasteiger partial charge < -0.3 is 20.3 Å². The number of ether oxygens (including phenoxy) is 1. The number of nitrogens with zero attached hydrogens (tertiary/aromatic N) is 4. The monoisotopic (exact) mass is 303 g/mol. The van der Waals surface area contributed by atoms with Crippen molar-refractivity contribution in [3.63, 3.8) is 0 Å². The third-order valence-electron chi connectivity index (χ3n) is 5.28. The van der Waals surface area contributed by atoms with E-state index in [1.165, 1.54) is 11.4 Å². The molecule has 0 aromatic carbocycles. The molecule has 6 heteroatoms. The highest BCUT2D eigenvalue weighted by molar-refractivity contribution is 5.97. The summed E-state index contributed by atoms with van der Waals surface area (Å²) in [5, 5.41) is 0. The van der Waals surface area contributed by atoms with Crippen molar-refractivity contribution in [2.24, 2.45) is 21.6 Å². The highest BCUT2D eigenvalue weighted by Crippen LogP contribution is 2.45. The lowest BCUT2D eigenvalue weighted by molar-refractivity contribution is 0.175. The van der Waals surface area contributed by atoms with Gasteiger partial charge in [0.25, 0.3) is 0 Å². The second kappa shape index (κ2) is 4.72. The largest absolute Gasteiger partial charge is 0.385 e. The molecule has 120 valence electrons. The SMILES string of the molecule is CCOCC1=NC2C(N)=NCC3CCN4C(=C32)N1CC4(C)C. The minimum Gasteiger partial charge on any atom is -0.385 e. The van der Waals surface area contributed by atoms with Gasteiger partial charge in [0, 0.05) is 37.7 Å². The van der Waals surface area contributed by atoms with Crippen molar-refractivity contribution in [2.75, 3.05) is 32.8 Å². The van der Waals surface area contributed by atoms with Crippen LogP contribution in [0.5, 0.6) is 0 Å². The first-order valence-electron chi connectivity index (χ1n) is 8.26. The molecule has 0 aliphatic carbocycles. The van der Waals surface area contributed by atoms with Gasteiger partial charge >= 0.3 is 0 Å². The molecule has 0 radical (unpaired) electrons. The topological polar surface area (TPSA) is 66.5 Å². The Morgan fingerprint density at radius 3 is 3.00 bits per heavy atom. The first-order valence-corrected chi connectivity index (χ1v) is 8.26. The lowest BCUT2D eigenvalue weighted by Gasteiger charge is -2.44. The van der Waals surface area contributed by atoms with Crippen LogP contribution < -0.4 is 5.73 Å². The standard InChI is InChI=1S/C16H25N5O/c1-4-22-8-11-19-13-12-10(7-18-14(13)17)5-6-21-15(12)20(11)9-16(21,2)3/h10,13H,4-9H2,1-3H3,(H2,17,18). The van der Waals surface area contributed by atoms with Crippen LogP contribution in [0, 0.1) is 5.92 Å². The van der Waals surface area contributed by atoms with E-state index in [-0.39, 0.29) is 11.6 Å². The minimum absolute atomic E-state index is 0.0721. The Labute approximate surface area is 131 Å². The first-order chi connectivity index (χ1) is 10.5. The van der Waals surface area contributed by atoms with E-state index >= 15 is 0 Å². The van der Waals surface area contributed by atoms with Crippen molar-refractivity contribution in [2.45, 2.75) is 38.8 Å². The molecule has 2 atom stereocenters. The lowest BCUT2D eigenvalue weighted by atomic mass is 9.83. The normalized spacial score (nSPS) is 32.0. The van der Waals surface area contributed by atoms with Crippen molar-refractivity contribution in [1.29, 1.82) is 0 Å². The van der Waals surface area contributed by atoms with Gasteiger partial charge in [0.1, 0.15) is 30.1 Å². The Kier molecular flexibility index (Phi) is 3.01. The third-order valence-corrected chi connectivity index (χ3v) is 5.28. The molecule has 1 saturated heterocycles. The maximum atomic E-state index is 6.19. The summed E-state index contributed by atoms with van der Waals surface area (Å²) in [4.78, 5) is 14.4. The third kappa shape index (κ3) is 1.82. The Bertz CT molecular complexity index is 591. The molecule has 2 N–H and O–H groups in total. The minimum atomic E-state index is -0.0721. The summed E-state index contributed by atoms with van der Waals surface area (Å²) in [6.45, 7) is 10.8. The average molecular weight is 303 g/mol. The number of hydrogen-bond acceptors (Lipinski definition) is 6. The van der Waals surface area contributed by atoms with E-state index < -0.39 is 0 Å². The summed E-state index contributed by atoms with van der Waals surface area (Å²) >= 11 is 0. The van der Waals surface area contributed by atoms with Crippen LogP contribution in [0.25, 0.3) is 0 Å². The maximum absolute atomic E-state index is 6.19. The number of aliphatic imine (C=N–C) groups is 2. The Morgan fingerprint density at radius 1 is 1.41 bits per heavy atom. The van der Waals surface area contributed by atoms with E-state index in [9.17, 15) is 0 Å². The molecule has 0 bridgehead atoms. The predicted octanol–water partition coefficient (Wildman–Crippen LogP) is 0.802. The second-order valence-corrected chi connectivity index (χ2v) is 7.17. The lowest BCUT2D eigenvalue weighted by Crippen LogP contribution is -2.50. The summed E-state index contributed by atoms with van der Waals surface area (Å²) in [5.74, 6) is 3.51. The molecule has 0 saturated carbocycles. The fraction of sp³-hybridized carbons (Fsp3) is 0.750. The van der Waals surface area contributed by atoms with Crippen molar-refractivity contribution < 1.29 is 4.74 Å². The van der Waals surface area contributed by atoms with Crippen LogP contribution in [-0.4, -0.2) is 65.9 Å². The maximum Gasteiger partial charge on any atom is 0.134 e. The number of hydrogen-bond donors (Lipinski definition) is 1. The summed E-state index contributed by atoms with van der Waals surface area (Å²) in [6, 6.07) is -0.0721. The number of amidine groups is 2. The molecule has 0 amide bonds. The van der Waals surface area contributed by atoms with E-state index in [1.807, 2.05) is 6.92 Å². The van der Waals surface area contributed by atoms with Crippen molar-refractivity contribution in [3.8, 4) is 0 Å². The fourth-order valence-electron chi connectivity index (χ4n) is 4.20. The zero-order valence-corrected chi connectivity index (χ0v) is 13.7. The van der Waals surface area contributed by atoms with E-state index in [2.05, 4.69) is 28.6 Å². The summed E-state index contributed by atoms with van der Waals surface area (Å²) in [6.07, 6.45) is 1.15. The molecule has 1 fully saturated rings. The Hall–Kier alpha value is -1.56. The van der Waals surface area contributed by atoms with Gasteiger partial charge in [-0.3, -0.25) is 9.98 Å². The molecule has 4 aliphatic rings. The van der Waals surface area contributed by atoms with Crippen LogP contribution >= 0.6 is 0 Å². The Balaban J connectivity index is 1.82. The molecule has 22 heavy (non-hydrogen) atoms. The van der Waals surface area contributed by atoms with Gasteiger partial charge in [-0.15, -0.1) is 0 Å². The van der Waals surface area contributed by atoms with E-state index in [0.717, 1.165) is 31.9 Å². The van der Waals surface area contributed by atoms with Crippen LogP contribution in [0.2, 0.25) is 0 Å². The highest BCUT2D eigenvalue weighted by Gasteiger charge is 2.51. The van der Waals surface area contributed by atoms with E-state index in [4.69, 9.17) is 15.5 Å². The highest BCUT2D eigenvalue weighted by atomic mass is 16.5. The van der Waals surface area contributed by atoms with Gasteiger partial charge in [-0.05, 0) is 27.2 Å². The van der Waals surface area contributed by atoms with E-state index in [0.29, 0.717) is 25.0 Å². The fourth-order valence-corrected chi connectivity index (χ4v) is 4.20. The van der Waals surface area contributed by atoms with Crippen LogP contribution in [0.4, 0.5) is 0 Å². The van der Waals surface area contributed by atoms with Gasteiger partial charge in [-0.25, -0.2) is 0 Å². The zero-order valence-electron chi connectivity index (χ0n) is 13.7. The molecule has 0 aromatic heterocycles. The molecule has 4 heterocycles. The second-order valence-electron chi connectivity index (χ2n) is 7.17. The quantitative estimate of drug-likeness (QED) is 0.837. The zero-order chi connectivity index (χ0) is 15.5. The van der Waals surface area contributed by atoms with Gasteiger partial charge in [0.05, 0.1) is 5.54 Å². The molecule has 6 nitrogen and oxygen atoms in total. The Morgan fingerprint density at radius 2 is 2.23 bits per heavy atom. The van der Waals surface area contributed by atoms with Crippen LogP contribution in [0.15, 0.2) is 21.4 Å². The smallest absolute Gasteiger partial charge is 0.134 e.